The number of alkyl halides is 3. The van der Waals surface area contributed by atoms with Crippen molar-refractivity contribution in [2.75, 3.05) is 0 Å². The highest BCUT2D eigenvalue weighted by Gasteiger charge is 2.37. The minimum absolute atomic E-state index is 0.361. The van der Waals surface area contributed by atoms with E-state index in [0.29, 0.717) is 16.7 Å². The highest BCUT2D eigenvalue weighted by atomic mass is 35.5. The number of carbonyl (C=O) groups is 1. The number of hydrogen-bond donors (Lipinski definition) is 1. The molecule has 1 aromatic rings. The van der Waals surface area contributed by atoms with E-state index in [9.17, 15) is 18.0 Å². The Bertz CT molecular complexity index is 344. The maximum absolute atomic E-state index is 12.1. The number of aromatic carboxylic acids is 1. The van der Waals surface area contributed by atoms with Crippen molar-refractivity contribution in [2.45, 2.75) is 6.18 Å². The second-order valence-corrected chi connectivity index (χ2v) is 3.58. The molecule has 7 heteroatoms. The number of halogens is 4. The van der Waals surface area contributed by atoms with Gasteiger partial charge in [-0.05, 0) is 0 Å². The lowest BCUT2D eigenvalue weighted by molar-refractivity contribution is -0.137. The number of hydrogen-bond acceptors (Lipinski definition) is 2. The van der Waals surface area contributed by atoms with Gasteiger partial charge < -0.3 is 5.11 Å². The summed E-state index contributed by atoms with van der Waals surface area (Å²) in [7, 11) is 0. The van der Waals surface area contributed by atoms with E-state index >= 15 is 0 Å². The van der Waals surface area contributed by atoms with E-state index in [2.05, 4.69) is 0 Å². The Morgan fingerprint density at radius 2 is 2.08 bits per heavy atom. The number of carboxylic acid groups (broad SMARTS) is 1. The standard InChI is InChI=1S/C6H2ClF3O2S/c7-4-3(5(11)12)2(1-13-4)6(8,9)10/h1H,(H,11,12). The molecule has 1 rings (SSSR count). The van der Waals surface area contributed by atoms with Crippen LogP contribution < -0.4 is 0 Å². The lowest BCUT2D eigenvalue weighted by Crippen LogP contribution is -2.10. The predicted molar refractivity (Wildman–Crippen MR) is 41.3 cm³/mol. The summed E-state index contributed by atoms with van der Waals surface area (Å²) < 4.78 is 36.0. The second-order valence-electron chi connectivity index (χ2n) is 2.10. The summed E-state index contributed by atoms with van der Waals surface area (Å²) in [5.41, 5.74) is -2.07. The van der Waals surface area contributed by atoms with E-state index in [1.165, 1.54) is 0 Å². The van der Waals surface area contributed by atoms with Gasteiger partial charge in [-0.15, -0.1) is 11.3 Å². The Morgan fingerprint density at radius 1 is 1.54 bits per heavy atom. The molecule has 13 heavy (non-hydrogen) atoms. The third-order valence-electron chi connectivity index (χ3n) is 1.27. The Kier molecular flexibility index (Phi) is 2.53. The number of carboxylic acids is 1. The summed E-state index contributed by atoms with van der Waals surface area (Å²) in [4.78, 5) is 10.4. The third-order valence-corrected chi connectivity index (χ3v) is 2.49. The number of rotatable bonds is 1. The first-order chi connectivity index (χ1) is 5.84. The van der Waals surface area contributed by atoms with Crippen LogP contribution in [0.15, 0.2) is 5.38 Å². The summed E-state index contributed by atoms with van der Waals surface area (Å²) >= 11 is 5.83. The molecular weight excluding hydrogens is 229 g/mol. The lowest BCUT2D eigenvalue weighted by atomic mass is 10.2. The average Bonchev–Trinajstić information content (AvgIpc) is 2.28. The van der Waals surface area contributed by atoms with Crippen molar-refractivity contribution in [3.63, 3.8) is 0 Å². The van der Waals surface area contributed by atoms with Crippen LogP contribution in [0.3, 0.4) is 0 Å². The van der Waals surface area contributed by atoms with Crippen LogP contribution in [0.4, 0.5) is 13.2 Å². The van der Waals surface area contributed by atoms with Crippen molar-refractivity contribution < 1.29 is 23.1 Å². The van der Waals surface area contributed by atoms with Crippen molar-refractivity contribution in [2.24, 2.45) is 0 Å². The Hall–Kier alpha value is -0.750. The van der Waals surface area contributed by atoms with Crippen molar-refractivity contribution in [3.8, 4) is 0 Å². The monoisotopic (exact) mass is 230 g/mol. The summed E-state index contributed by atoms with van der Waals surface area (Å²) in [5, 5.41) is 9.11. The van der Waals surface area contributed by atoms with Crippen LogP contribution in [-0.2, 0) is 6.18 Å². The smallest absolute Gasteiger partial charge is 0.418 e. The molecule has 72 valence electrons. The fourth-order valence-corrected chi connectivity index (χ4v) is 1.85. The molecule has 0 unspecified atom stereocenters. The van der Waals surface area contributed by atoms with Crippen LogP contribution in [0.25, 0.3) is 0 Å². The molecule has 0 radical (unpaired) electrons. The maximum Gasteiger partial charge on any atom is 0.418 e. The first-order valence-corrected chi connectivity index (χ1v) is 4.17. The van der Waals surface area contributed by atoms with Crippen LogP contribution in [0.1, 0.15) is 15.9 Å². The normalized spacial score (nSPS) is 11.7. The molecule has 0 aliphatic rings. The topological polar surface area (TPSA) is 37.3 Å². The molecule has 1 heterocycles. The van der Waals surface area contributed by atoms with Gasteiger partial charge in [0.15, 0.2) is 0 Å². The van der Waals surface area contributed by atoms with Gasteiger partial charge in [0.2, 0.25) is 0 Å². The minimum Gasteiger partial charge on any atom is -0.478 e. The third kappa shape index (κ3) is 1.94. The Morgan fingerprint density at radius 3 is 2.38 bits per heavy atom. The fourth-order valence-electron chi connectivity index (χ4n) is 0.742. The number of thiophene rings is 1. The van der Waals surface area contributed by atoms with E-state index in [-0.39, 0.29) is 4.34 Å². The molecule has 0 fully saturated rings. The summed E-state index contributed by atoms with van der Waals surface area (Å²) in [5.74, 6) is -1.67. The highest BCUT2D eigenvalue weighted by Crippen LogP contribution is 2.38. The SMILES string of the molecule is O=C(O)c1c(C(F)(F)F)csc1Cl. The fraction of sp³-hybridized carbons (Fsp3) is 0.167. The van der Waals surface area contributed by atoms with Gasteiger partial charge in [0.05, 0.1) is 5.56 Å². The van der Waals surface area contributed by atoms with Gasteiger partial charge in [0.25, 0.3) is 0 Å². The molecule has 1 N–H and O–H groups in total. The highest BCUT2D eigenvalue weighted by molar-refractivity contribution is 7.15. The molecule has 0 amide bonds. The molecule has 0 bridgehead atoms. The molecule has 0 aromatic carbocycles. The zero-order valence-electron chi connectivity index (χ0n) is 5.85. The van der Waals surface area contributed by atoms with Crippen molar-refractivity contribution >= 4 is 28.9 Å². The quantitative estimate of drug-likeness (QED) is 0.805. The van der Waals surface area contributed by atoms with Crippen LogP contribution in [0.5, 0.6) is 0 Å². The largest absolute Gasteiger partial charge is 0.478 e. The van der Waals surface area contributed by atoms with E-state index in [0.717, 1.165) is 0 Å². The molecular formula is C6H2ClF3O2S. The average molecular weight is 231 g/mol. The van der Waals surface area contributed by atoms with Crippen molar-refractivity contribution in [1.82, 2.24) is 0 Å². The zero-order valence-corrected chi connectivity index (χ0v) is 7.43. The maximum atomic E-state index is 12.1. The van der Waals surface area contributed by atoms with E-state index in [1.54, 1.807) is 0 Å². The first-order valence-electron chi connectivity index (χ1n) is 2.91. The molecule has 0 saturated heterocycles. The molecule has 2 nitrogen and oxygen atoms in total. The second kappa shape index (κ2) is 3.19. The van der Waals surface area contributed by atoms with Gasteiger partial charge in [-0.3, -0.25) is 0 Å². The first kappa shape index (κ1) is 10.3. The van der Waals surface area contributed by atoms with Crippen LogP contribution in [0.2, 0.25) is 4.34 Å². The molecule has 0 atom stereocenters. The molecule has 0 saturated carbocycles. The van der Waals surface area contributed by atoms with Gasteiger partial charge in [-0.1, -0.05) is 11.6 Å². The van der Waals surface area contributed by atoms with Gasteiger partial charge in [-0.2, -0.15) is 13.2 Å². The van der Waals surface area contributed by atoms with Crippen LogP contribution in [0, 0.1) is 0 Å². The van der Waals surface area contributed by atoms with Gasteiger partial charge in [0, 0.05) is 5.38 Å². The van der Waals surface area contributed by atoms with E-state index < -0.39 is 23.3 Å². The Labute approximate surface area is 79.6 Å². The Balaban J connectivity index is 3.31. The summed E-state index contributed by atoms with van der Waals surface area (Å²) in [6, 6.07) is 0. The lowest BCUT2D eigenvalue weighted by Gasteiger charge is -2.04. The molecule has 0 aliphatic heterocycles. The van der Waals surface area contributed by atoms with Crippen LogP contribution >= 0.6 is 22.9 Å². The minimum atomic E-state index is -4.67. The van der Waals surface area contributed by atoms with Gasteiger partial charge in [0.1, 0.15) is 9.90 Å². The van der Waals surface area contributed by atoms with E-state index in [4.69, 9.17) is 16.7 Å². The molecule has 0 aliphatic carbocycles. The van der Waals surface area contributed by atoms with Crippen LogP contribution in [-0.4, -0.2) is 11.1 Å². The van der Waals surface area contributed by atoms with Crippen molar-refractivity contribution in [3.05, 3.63) is 20.8 Å². The zero-order chi connectivity index (χ0) is 10.2. The van der Waals surface area contributed by atoms with E-state index in [1.807, 2.05) is 0 Å². The van der Waals surface area contributed by atoms with Crippen molar-refractivity contribution in [1.29, 1.82) is 0 Å². The van der Waals surface area contributed by atoms with Gasteiger partial charge in [-0.25, -0.2) is 4.79 Å². The predicted octanol–water partition coefficient (Wildman–Crippen LogP) is 3.12. The van der Waals surface area contributed by atoms with Gasteiger partial charge >= 0.3 is 12.1 Å². The summed E-state index contributed by atoms with van der Waals surface area (Å²) in [6.07, 6.45) is -4.67. The molecule has 1 aromatic heterocycles. The summed E-state index contributed by atoms with van der Waals surface area (Å²) in [6.45, 7) is 0. The molecule has 0 spiro atoms.